The number of carbonyl (C=O) groups is 3. The second-order valence-electron chi connectivity index (χ2n) is 8.89. The van der Waals surface area contributed by atoms with Crippen molar-refractivity contribution in [3.63, 3.8) is 0 Å². The Labute approximate surface area is 190 Å². The van der Waals surface area contributed by atoms with Crippen LogP contribution in [-0.2, 0) is 52.3 Å². The first kappa shape index (κ1) is 25.9. The van der Waals surface area contributed by atoms with Crippen molar-refractivity contribution in [3.8, 4) is 0 Å². The minimum absolute atomic E-state index is 0.0890. The molecular weight excluding hydrogens is 448 g/mol. The Kier molecular flexibility index (Phi) is 7.18. The molecule has 0 spiro atoms. The van der Waals surface area contributed by atoms with E-state index in [0.29, 0.717) is 0 Å². The lowest BCUT2D eigenvalue weighted by Gasteiger charge is -2.28. The van der Waals surface area contributed by atoms with Crippen LogP contribution in [0.25, 0.3) is 0 Å². The number of ketones is 1. The highest BCUT2D eigenvalue weighted by Gasteiger charge is 2.63. The van der Waals surface area contributed by atoms with Crippen molar-refractivity contribution >= 4 is 17.7 Å². The summed E-state index contributed by atoms with van der Waals surface area (Å²) in [5.74, 6) is -5.19. The first-order valence-electron chi connectivity index (χ1n) is 10.4. The Morgan fingerprint density at radius 3 is 1.94 bits per heavy atom. The maximum Gasteiger partial charge on any atom is 0.302 e. The Hall–Kier alpha value is -1.71. The van der Waals surface area contributed by atoms with Crippen molar-refractivity contribution in [2.24, 2.45) is 0 Å². The normalized spacial score (nSPS) is 37.0. The topological polar surface area (TPSA) is 166 Å². The largest absolute Gasteiger partial charge is 0.463 e. The molecule has 2 unspecified atom stereocenters. The van der Waals surface area contributed by atoms with E-state index in [1.165, 1.54) is 13.8 Å². The SMILES string of the molecule is CC(=O)OC[C@H]1OC2OC(C)(C)O[C@@H]2C1(O)O.CC(=O)OC[C@H]1OC2OC(C)(C)O[C@@H]2C1=O. The van der Waals surface area contributed by atoms with E-state index in [0.717, 1.165) is 0 Å². The lowest BCUT2D eigenvalue weighted by atomic mass is 10.1. The van der Waals surface area contributed by atoms with Gasteiger partial charge in [-0.25, -0.2) is 0 Å². The van der Waals surface area contributed by atoms with Gasteiger partial charge in [0.15, 0.2) is 54.4 Å². The number of ether oxygens (including phenoxy) is 8. The van der Waals surface area contributed by atoms with E-state index in [1.807, 2.05) is 0 Å². The molecule has 0 aliphatic carbocycles. The zero-order valence-corrected chi connectivity index (χ0v) is 19.3. The minimum atomic E-state index is -2.24. The molecule has 4 aliphatic rings. The van der Waals surface area contributed by atoms with Crippen molar-refractivity contribution in [1.29, 1.82) is 0 Å². The summed E-state index contributed by atoms with van der Waals surface area (Å²) in [5.41, 5.74) is 0. The number of fused-ring (bicyclic) bond motifs is 2. The van der Waals surface area contributed by atoms with E-state index >= 15 is 0 Å². The van der Waals surface area contributed by atoms with Gasteiger partial charge in [-0.3, -0.25) is 14.4 Å². The molecule has 4 heterocycles. The van der Waals surface area contributed by atoms with E-state index in [1.54, 1.807) is 27.7 Å². The van der Waals surface area contributed by atoms with Gasteiger partial charge in [-0.2, -0.15) is 0 Å². The van der Waals surface area contributed by atoms with Crippen LogP contribution in [0.2, 0.25) is 0 Å². The molecule has 0 aromatic rings. The van der Waals surface area contributed by atoms with Gasteiger partial charge in [0.05, 0.1) is 0 Å². The van der Waals surface area contributed by atoms with Gasteiger partial charge >= 0.3 is 11.9 Å². The van der Waals surface area contributed by atoms with Crippen LogP contribution in [0.15, 0.2) is 0 Å². The molecule has 0 aromatic carbocycles. The maximum absolute atomic E-state index is 11.8. The molecule has 0 aromatic heterocycles. The third kappa shape index (κ3) is 5.87. The molecule has 0 saturated carbocycles. The van der Waals surface area contributed by atoms with Crippen molar-refractivity contribution in [2.75, 3.05) is 13.2 Å². The van der Waals surface area contributed by atoms with Gasteiger partial charge < -0.3 is 48.1 Å². The summed E-state index contributed by atoms with van der Waals surface area (Å²) in [6.45, 7) is 8.86. The minimum Gasteiger partial charge on any atom is -0.463 e. The first-order chi connectivity index (χ1) is 15.1. The maximum atomic E-state index is 11.8. The zero-order chi connectivity index (χ0) is 24.8. The molecule has 4 fully saturated rings. The molecule has 6 atom stereocenters. The Balaban J connectivity index is 0.000000186. The number of aliphatic hydroxyl groups is 2. The molecule has 33 heavy (non-hydrogen) atoms. The summed E-state index contributed by atoms with van der Waals surface area (Å²) >= 11 is 0. The van der Waals surface area contributed by atoms with E-state index in [4.69, 9.17) is 33.2 Å². The number of hydrogen-bond donors (Lipinski definition) is 2. The second kappa shape index (κ2) is 9.15. The standard InChI is InChI=1S/C10H16O7.C10H14O6/c1-5(11)14-4-6-10(12,13)7-8(15-6)17-9(2,3)16-7;1-5(11)13-4-6-7(12)8-9(14-6)16-10(2,3)15-8/h6-8,12-13H,4H2,1-3H3;6,8-9H,4H2,1-3H3/t6-,7+,8?;6-,8-,9?/m11/s1. The number of rotatable bonds is 4. The lowest BCUT2D eigenvalue weighted by Crippen LogP contribution is -2.50. The van der Waals surface area contributed by atoms with Crippen molar-refractivity contribution in [1.82, 2.24) is 0 Å². The van der Waals surface area contributed by atoms with Gasteiger partial charge in [-0.05, 0) is 27.7 Å². The van der Waals surface area contributed by atoms with E-state index in [9.17, 15) is 24.6 Å². The first-order valence-corrected chi connectivity index (χ1v) is 10.4. The van der Waals surface area contributed by atoms with Gasteiger partial charge in [0.2, 0.25) is 5.79 Å². The molecule has 4 aliphatic heterocycles. The summed E-state index contributed by atoms with van der Waals surface area (Å²) in [6, 6.07) is 0. The predicted molar refractivity (Wildman–Crippen MR) is 103 cm³/mol. The summed E-state index contributed by atoms with van der Waals surface area (Å²) in [6.07, 6.45) is -5.16. The average molecular weight is 478 g/mol. The fourth-order valence-electron chi connectivity index (χ4n) is 3.67. The Morgan fingerprint density at radius 2 is 1.39 bits per heavy atom. The molecule has 0 amide bonds. The van der Waals surface area contributed by atoms with Gasteiger partial charge in [0, 0.05) is 13.8 Å². The van der Waals surface area contributed by atoms with Gasteiger partial charge in [0.25, 0.3) is 0 Å². The van der Waals surface area contributed by atoms with E-state index < -0.39 is 66.3 Å². The van der Waals surface area contributed by atoms with Crippen LogP contribution in [0.4, 0.5) is 0 Å². The van der Waals surface area contributed by atoms with Crippen molar-refractivity contribution in [3.05, 3.63) is 0 Å². The predicted octanol–water partition coefficient (Wildman–Crippen LogP) is -0.898. The van der Waals surface area contributed by atoms with Crippen molar-refractivity contribution in [2.45, 2.75) is 95.9 Å². The third-order valence-corrected chi connectivity index (χ3v) is 5.08. The van der Waals surface area contributed by atoms with Gasteiger partial charge in [-0.15, -0.1) is 0 Å². The van der Waals surface area contributed by atoms with Gasteiger partial charge in [0.1, 0.15) is 13.2 Å². The zero-order valence-electron chi connectivity index (χ0n) is 19.3. The number of esters is 2. The van der Waals surface area contributed by atoms with E-state index in [2.05, 4.69) is 4.74 Å². The van der Waals surface area contributed by atoms with Crippen molar-refractivity contribution < 1.29 is 62.5 Å². The summed E-state index contributed by atoms with van der Waals surface area (Å²) in [5, 5.41) is 19.8. The number of Topliss-reactive ketones (excluding diaryl/α,β-unsaturated/α-hetero) is 1. The van der Waals surface area contributed by atoms with Crippen LogP contribution >= 0.6 is 0 Å². The van der Waals surface area contributed by atoms with Crippen LogP contribution in [0.5, 0.6) is 0 Å². The molecule has 0 bridgehead atoms. The van der Waals surface area contributed by atoms with Crippen LogP contribution in [0.1, 0.15) is 41.5 Å². The summed E-state index contributed by atoms with van der Waals surface area (Å²) in [4.78, 5) is 33.0. The van der Waals surface area contributed by atoms with Crippen LogP contribution in [0, 0.1) is 0 Å². The van der Waals surface area contributed by atoms with Crippen LogP contribution < -0.4 is 0 Å². The molecular formula is C20H30O13. The monoisotopic (exact) mass is 478 g/mol. The second-order valence-corrected chi connectivity index (χ2v) is 8.89. The highest BCUT2D eigenvalue weighted by Crippen LogP contribution is 2.41. The Morgan fingerprint density at radius 1 is 0.848 bits per heavy atom. The lowest BCUT2D eigenvalue weighted by molar-refractivity contribution is -0.285. The summed E-state index contributed by atoms with van der Waals surface area (Å²) < 4.78 is 41.4. The molecule has 2 N–H and O–H groups in total. The fraction of sp³-hybridized carbons (Fsp3) is 0.850. The third-order valence-electron chi connectivity index (χ3n) is 5.08. The average Bonchev–Trinajstić information content (AvgIpc) is 3.30. The molecule has 0 radical (unpaired) electrons. The summed E-state index contributed by atoms with van der Waals surface area (Å²) in [7, 11) is 0. The van der Waals surface area contributed by atoms with Crippen LogP contribution in [-0.4, -0.2) is 95.5 Å². The number of hydrogen-bond acceptors (Lipinski definition) is 13. The Bertz CT molecular complexity index is 776. The van der Waals surface area contributed by atoms with Gasteiger partial charge in [-0.1, -0.05) is 0 Å². The molecule has 4 rings (SSSR count). The fourth-order valence-corrected chi connectivity index (χ4v) is 3.67. The number of carbonyl (C=O) groups excluding carboxylic acids is 3. The molecule has 4 saturated heterocycles. The van der Waals surface area contributed by atoms with E-state index in [-0.39, 0.29) is 19.0 Å². The smallest absolute Gasteiger partial charge is 0.302 e. The van der Waals surface area contributed by atoms with Crippen LogP contribution in [0.3, 0.4) is 0 Å². The quantitative estimate of drug-likeness (QED) is 0.377. The molecule has 13 nitrogen and oxygen atoms in total. The highest BCUT2D eigenvalue weighted by molar-refractivity contribution is 5.90. The molecule has 188 valence electrons. The molecule has 13 heteroatoms. The highest BCUT2D eigenvalue weighted by atomic mass is 16.9.